The molecule has 3 aromatic rings. The third-order valence-corrected chi connectivity index (χ3v) is 5.35. The van der Waals surface area contributed by atoms with Gasteiger partial charge in [0.15, 0.2) is 0 Å². The zero-order valence-electron chi connectivity index (χ0n) is 15.1. The number of anilines is 1. The van der Waals surface area contributed by atoms with Crippen LogP contribution in [0.5, 0.6) is 0 Å². The van der Waals surface area contributed by atoms with E-state index >= 15 is 0 Å². The molecule has 3 N–H and O–H groups in total. The van der Waals surface area contributed by atoms with Crippen LogP contribution in [0.2, 0.25) is 5.02 Å². The fourth-order valence-electron chi connectivity index (χ4n) is 2.72. The molecule has 3 heterocycles. The van der Waals surface area contributed by atoms with E-state index in [9.17, 15) is 14.4 Å². The van der Waals surface area contributed by atoms with Gasteiger partial charge in [-0.15, -0.1) is 11.3 Å². The third-order valence-electron chi connectivity index (χ3n) is 3.91. The lowest BCUT2D eigenvalue weighted by Gasteiger charge is -2.06. The van der Waals surface area contributed by atoms with Crippen LogP contribution < -0.4 is 11.1 Å². The van der Waals surface area contributed by atoms with Crippen molar-refractivity contribution in [2.45, 2.75) is 20.3 Å². The van der Waals surface area contributed by atoms with Crippen LogP contribution in [0.3, 0.4) is 0 Å². The zero-order valence-corrected chi connectivity index (χ0v) is 16.7. The molecule has 0 atom stereocenters. The van der Waals surface area contributed by atoms with Gasteiger partial charge in [0.05, 0.1) is 34.2 Å². The minimum Gasteiger partial charge on any atom is -0.462 e. The van der Waals surface area contributed by atoms with E-state index in [1.807, 2.05) is 0 Å². The number of carbonyl (C=O) groups excluding carboxylic acids is 3. The van der Waals surface area contributed by atoms with E-state index in [1.54, 1.807) is 42.8 Å². The summed E-state index contributed by atoms with van der Waals surface area (Å²) in [6, 6.07) is 3.45. The molecule has 0 bridgehead atoms. The van der Waals surface area contributed by atoms with E-state index in [0.29, 0.717) is 21.9 Å². The first kappa shape index (κ1) is 19.8. The van der Waals surface area contributed by atoms with Gasteiger partial charge in [-0.05, 0) is 31.5 Å². The summed E-state index contributed by atoms with van der Waals surface area (Å²) in [5.41, 5.74) is 7.07. The molecular formula is C18H17ClN4O4S. The quantitative estimate of drug-likeness (QED) is 0.595. The number of rotatable bonds is 6. The molecule has 10 heteroatoms. The van der Waals surface area contributed by atoms with Crippen LogP contribution in [0.4, 0.5) is 5.00 Å². The van der Waals surface area contributed by atoms with E-state index in [0.717, 1.165) is 11.3 Å². The molecule has 3 rings (SSSR count). The summed E-state index contributed by atoms with van der Waals surface area (Å²) in [6.45, 7) is 3.42. The first-order chi connectivity index (χ1) is 13.3. The van der Waals surface area contributed by atoms with Crippen molar-refractivity contribution in [1.82, 2.24) is 9.38 Å². The van der Waals surface area contributed by atoms with Gasteiger partial charge in [0, 0.05) is 12.4 Å². The molecule has 2 amide bonds. The predicted octanol–water partition coefficient (Wildman–Crippen LogP) is 2.81. The fourth-order valence-corrected chi connectivity index (χ4v) is 3.95. The van der Waals surface area contributed by atoms with Gasteiger partial charge < -0.3 is 20.2 Å². The minimum atomic E-state index is -0.675. The number of primary amides is 1. The minimum absolute atomic E-state index is 0.0234. The highest BCUT2D eigenvalue weighted by atomic mass is 35.5. The molecule has 0 aliphatic carbocycles. The van der Waals surface area contributed by atoms with Crippen molar-refractivity contribution in [3.8, 4) is 0 Å². The molecule has 146 valence electrons. The molecule has 28 heavy (non-hydrogen) atoms. The SMILES string of the molecule is CCOC(=O)c1c(NC(=O)Cc2cn3cc(Cl)ccc3n2)sc(C(N)=O)c1C. The highest BCUT2D eigenvalue weighted by Gasteiger charge is 2.25. The Hall–Kier alpha value is -2.91. The first-order valence-electron chi connectivity index (χ1n) is 8.33. The van der Waals surface area contributed by atoms with Crippen molar-refractivity contribution in [2.24, 2.45) is 5.73 Å². The van der Waals surface area contributed by atoms with Gasteiger partial charge in [0.1, 0.15) is 10.6 Å². The summed E-state index contributed by atoms with van der Waals surface area (Å²) in [5, 5.41) is 3.44. The molecule has 0 aromatic carbocycles. The Bertz CT molecular complexity index is 1090. The number of halogens is 1. The average Bonchev–Trinajstić information content (AvgIpc) is 3.14. The number of thiophene rings is 1. The van der Waals surface area contributed by atoms with E-state index in [1.165, 1.54) is 0 Å². The number of aromatic nitrogens is 2. The van der Waals surface area contributed by atoms with Crippen LogP contribution in [0.25, 0.3) is 5.65 Å². The van der Waals surface area contributed by atoms with Crippen LogP contribution in [0.1, 0.15) is 38.2 Å². The largest absolute Gasteiger partial charge is 0.462 e. The van der Waals surface area contributed by atoms with Crippen LogP contribution >= 0.6 is 22.9 Å². The summed E-state index contributed by atoms with van der Waals surface area (Å²) in [7, 11) is 0. The number of carbonyl (C=O) groups is 3. The maximum Gasteiger partial charge on any atom is 0.341 e. The van der Waals surface area contributed by atoms with Crippen molar-refractivity contribution < 1.29 is 19.1 Å². The Labute approximate surface area is 169 Å². The van der Waals surface area contributed by atoms with Crippen molar-refractivity contribution in [3.63, 3.8) is 0 Å². The first-order valence-corrected chi connectivity index (χ1v) is 9.53. The van der Waals surface area contributed by atoms with Gasteiger partial charge in [-0.3, -0.25) is 9.59 Å². The van der Waals surface area contributed by atoms with Gasteiger partial charge in [-0.1, -0.05) is 11.6 Å². The number of esters is 1. The van der Waals surface area contributed by atoms with E-state index in [4.69, 9.17) is 22.1 Å². The Balaban J connectivity index is 1.85. The predicted molar refractivity (Wildman–Crippen MR) is 106 cm³/mol. The number of hydrogen-bond donors (Lipinski definition) is 2. The molecule has 0 unspecified atom stereocenters. The molecule has 3 aromatic heterocycles. The Morgan fingerprint density at radius 1 is 1.32 bits per heavy atom. The second-order valence-corrected chi connectivity index (χ2v) is 7.37. The number of ether oxygens (including phenoxy) is 1. The monoisotopic (exact) mass is 420 g/mol. The highest BCUT2D eigenvalue weighted by molar-refractivity contribution is 7.18. The number of fused-ring (bicyclic) bond motifs is 1. The van der Waals surface area contributed by atoms with E-state index in [2.05, 4.69) is 10.3 Å². The number of hydrogen-bond acceptors (Lipinski definition) is 6. The topological polar surface area (TPSA) is 116 Å². The second-order valence-electron chi connectivity index (χ2n) is 5.92. The number of nitrogens with zero attached hydrogens (tertiary/aromatic N) is 2. The smallest absolute Gasteiger partial charge is 0.341 e. The van der Waals surface area contributed by atoms with Gasteiger partial charge >= 0.3 is 5.97 Å². The normalized spacial score (nSPS) is 10.8. The Morgan fingerprint density at radius 3 is 2.75 bits per heavy atom. The molecule has 0 aliphatic rings. The van der Waals surface area contributed by atoms with Gasteiger partial charge in [-0.25, -0.2) is 9.78 Å². The van der Waals surface area contributed by atoms with Gasteiger partial charge in [0.2, 0.25) is 5.91 Å². The molecule has 0 fully saturated rings. The fraction of sp³-hybridized carbons (Fsp3) is 0.222. The number of imidazole rings is 1. The lowest BCUT2D eigenvalue weighted by Crippen LogP contribution is -2.17. The number of nitrogens with one attached hydrogen (secondary N) is 1. The third kappa shape index (κ3) is 4.00. The van der Waals surface area contributed by atoms with Gasteiger partial charge in [0.25, 0.3) is 5.91 Å². The average molecular weight is 421 g/mol. The standard InChI is InChI=1S/C18H17ClN4O4S/c1-3-27-18(26)14-9(2)15(16(20)25)28-17(14)22-13(24)6-11-8-23-7-10(19)4-5-12(23)21-11/h4-5,7-8H,3,6H2,1-2H3,(H2,20,25)(H,22,24). The molecule has 8 nitrogen and oxygen atoms in total. The Kier molecular flexibility index (Phi) is 5.66. The summed E-state index contributed by atoms with van der Waals surface area (Å²) in [4.78, 5) is 40.9. The van der Waals surface area contributed by atoms with Crippen LogP contribution in [0.15, 0.2) is 24.5 Å². The number of nitrogens with two attached hydrogens (primary N) is 1. The second kappa shape index (κ2) is 7.99. The van der Waals surface area contributed by atoms with Crippen molar-refractivity contribution in [2.75, 3.05) is 11.9 Å². The van der Waals surface area contributed by atoms with Crippen molar-refractivity contribution in [1.29, 1.82) is 0 Å². The van der Waals surface area contributed by atoms with E-state index in [-0.39, 0.29) is 28.5 Å². The van der Waals surface area contributed by atoms with Crippen LogP contribution in [-0.4, -0.2) is 33.8 Å². The number of pyridine rings is 1. The molecular weight excluding hydrogens is 404 g/mol. The molecule has 0 spiro atoms. The molecule has 0 aliphatic heterocycles. The molecule has 0 radical (unpaired) electrons. The lowest BCUT2D eigenvalue weighted by atomic mass is 10.1. The summed E-state index contributed by atoms with van der Waals surface area (Å²) >= 11 is 6.89. The van der Waals surface area contributed by atoms with E-state index < -0.39 is 17.8 Å². The molecule has 0 saturated carbocycles. The van der Waals surface area contributed by atoms with Crippen LogP contribution in [0, 0.1) is 6.92 Å². The van der Waals surface area contributed by atoms with Gasteiger partial charge in [-0.2, -0.15) is 0 Å². The number of amides is 2. The zero-order chi connectivity index (χ0) is 20.4. The van der Waals surface area contributed by atoms with Crippen molar-refractivity contribution >= 4 is 51.4 Å². The van der Waals surface area contributed by atoms with Crippen molar-refractivity contribution in [3.05, 3.63) is 51.2 Å². The Morgan fingerprint density at radius 2 is 2.07 bits per heavy atom. The van der Waals surface area contributed by atoms with Crippen LogP contribution in [-0.2, 0) is 16.0 Å². The molecule has 0 saturated heterocycles. The lowest BCUT2D eigenvalue weighted by molar-refractivity contribution is -0.115. The summed E-state index contributed by atoms with van der Waals surface area (Å²) in [5.74, 6) is -1.69. The maximum atomic E-state index is 12.5. The highest BCUT2D eigenvalue weighted by Crippen LogP contribution is 2.33. The summed E-state index contributed by atoms with van der Waals surface area (Å²) < 4.78 is 6.75. The maximum absolute atomic E-state index is 12.5. The summed E-state index contributed by atoms with van der Waals surface area (Å²) in [6.07, 6.45) is 3.36.